The van der Waals surface area contributed by atoms with Crippen LogP contribution >= 0.6 is 0 Å². The molecule has 7 heteroatoms. The second-order valence-corrected chi connectivity index (χ2v) is 7.86. The van der Waals surface area contributed by atoms with Gasteiger partial charge in [-0.25, -0.2) is 13.2 Å². The summed E-state index contributed by atoms with van der Waals surface area (Å²) in [6.07, 6.45) is 0.548. The molecule has 120 valence electrons. The monoisotopic (exact) mass is 324 g/mol. The number of nitrogens with zero attached hydrogens (tertiary/aromatic N) is 1. The number of carbonyl (C=O) groups is 2. The van der Waals surface area contributed by atoms with Crippen molar-refractivity contribution in [3.63, 3.8) is 0 Å². The van der Waals surface area contributed by atoms with E-state index >= 15 is 0 Å². The Hall–Kier alpha value is -1.89. The lowest BCUT2D eigenvalue weighted by Crippen LogP contribution is -2.35. The fourth-order valence-electron chi connectivity index (χ4n) is 2.38. The molecular weight excluding hydrogens is 304 g/mol. The minimum atomic E-state index is -3.51. The number of hydrogen-bond acceptors (Lipinski definition) is 4. The minimum absolute atomic E-state index is 0.128. The normalized spacial score (nSPS) is 18.9. The zero-order valence-corrected chi connectivity index (χ0v) is 13.5. The third-order valence-electron chi connectivity index (χ3n) is 3.50. The predicted molar refractivity (Wildman–Crippen MR) is 82.0 cm³/mol. The van der Waals surface area contributed by atoms with Crippen molar-refractivity contribution < 1.29 is 18.0 Å². The van der Waals surface area contributed by atoms with Gasteiger partial charge in [-0.2, -0.15) is 0 Å². The Morgan fingerprint density at radius 2 is 1.82 bits per heavy atom. The smallest absolute Gasteiger partial charge is 0.324 e. The molecule has 1 atom stereocenters. The third kappa shape index (κ3) is 3.65. The number of sulfone groups is 1. The number of imide groups is 1. The number of benzene rings is 1. The van der Waals surface area contributed by atoms with Crippen molar-refractivity contribution in [2.45, 2.75) is 31.2 Å². The molecular formula is C15H20N2O4S. The first-order valence-electron chi connectivity index (χ1n) is 7.21. The molecule has 0 aromatic heterocycles. The number of nitrogens with one attached hydrogen (secondary N) is 1. The van der Waals surface area contributed by atoms with E-state index in [2.05, 4.69) is 5.32 Å². The maximum atomic E-state index is 12.2. The van der Waals surface area contributed by atoms with Gasteiger partial charge >= 0.3 is 6.03 Å². The Kier molecular flexibility index (Phi) is 4.85. The summed E-state index contributed by atoms with van der Waals surface area (Å²) in [5.74, 6) is -0.353. The van der Waals surface area contributed by atoms with Crippen molar-refractivity contribution in [2.75, 3.05) is 12.3 Å². The van der Waals surface area contributed by atoms with Gasteiger partial charge < -0.3 is 5.32 Å². The van der Waals surface area contributed by atoms with Crippen LogP contribution in [0, 0.1) is 5.92 Å². The van der Waals surface area contributed by atoms with Crippen molar-refractivity contribution in [3.05, 3.63) is 30.3 Å². The van der Waals surface area contributed by atoms with Gasteiger partial charge in [0.15, 0.2) is 9.84 Å². The quantitative estimate of drug-likeness (QED) is 0.802. The van der Waals surface area contributed by atoms with E-state index in [0.29, 0.717) is 6.42 Å². The third-order valence-corrected chi connectivity index (χ3v) is 5.21. The van der Waals surface area contributed by atoms with E-state index in [1.54, 1.807) is 18.2 Å². The summed E-state index contributed by atoms with van der Waals surface area (Å²) in [5.41, 5.74) is 0. The van der Waals surface area contributed by atoms with Gasteiger partial charge in [0.25, 0.3) is 5.91 Å². The van der Waals surface area contributed by atoms with Gasteiger partial charge in [0.1, 0.15) is 6.04 Å². The van der Waals surface area contributed by atoms with Crippen LogP contribution in [0.25, 0.3) is 0 Å². The van der Waals surface area contributed by atoms with Crippen molar-refractivity contribution in [1.29, 1.82) is 0 Å². The van der Waals surface area contributed by atoms with Crippen molar-refractivity contribution >= 4 is 21.8 Å². The molecule has 0 bridgehead atoms. The molecule has 0 spiro atoms. The topological polar surface area (TPSA) is 83.6 Å². The fraction of sp³-hybridized carbons (Fsp3) is 0.467. The average Bonchev–Trinajstić information content (AvgIpc) is 2.72. The molecule has 1 heterocycles. The molecule has 1 aromatic carbocycles. The summed E-state index contributed by atoms with van der Waals surface area (Å²) < 4.78 is 24.4. The molecule has 0 aliphatic carbocycles. The summed E-state index contributed by atoms with van der Waals surface area (Å²) in [6, 6.07) is 6.95. The van der Waals surface area contributed by atoms with Gasteiger partial charge in [-0.1, -0.05) is 32.0 Å². The Bertz CT molecular complexity index is 655. The van der Waals surface area contributed by atoms with Crippen molar-refractivity contribution in [2.24, 2.45) is 5.92 Å². The Morgan fingerprint density at radius 1 is 1.18 bits per heavy atom. The van der Waals surface area contributed by atoms with Crippen LogP contribution < -0.4 is 5.32 Å². The fourth-order valence-corrected chi connectivity index (χ4v) is 3.61. The average molecular weight is 324 g/mol. The molecule has 3 amide bonds. The largest absolute Gasteiger partial charge is 0.326 e. The first kappa shape index (κ1) is 16.5. The van der Waals surface area contributed by atoms with Gasteiger partial charge in [0, 0.05) is 6.54 Å². The maximum absolute atomic E-state index is 12.2. The first-order chi connectivity index (χ1) is 10.3. The summed E-state index contributed by atoms with van der Waals surface area (Å²) in [5, 5.41) is 2.60. The zero-order chi connectivity index (χ0) is 16.3. The number of carbonyl (C=O) groups excluding carboxylic acids is 2. The highest BCUT2D eigenvalue weighted by Gasteiger charge is 2.38. The highest BCUT2D eigenvalue weighted by atomic mass is 32.2. The summed E-state index contributed by atoms with van der Waals surface area (Å²) in [7, 11) is -3.51. The molecule has 22 heavy (non-hydrogen) atoms. The highest BCUT2D eigenvalue weighted by Crippen LogP contribution is 2.16. The highest BCUT2D eigenvalue weighted by molar-refractivity contribution is 7.91. The Labute approximate surface area is 130 Å². The van der Waals surface area contributed by atoms with Crippen molar-refractivity contribution in [1.82, 2.24) is 10.2 Å². The van der Waals surface area contributed by atoms with Gasteiger partial charge in [-0.05, 0) is 24.5 Å². The minimum Gasteiger partial charge on any atom is -0.326 e. The number of amides is 3. The molecule has 0 radical (unpaired) electrons. The van der Waals surface area contributed by atoms with E-state index in [1.807, 2.05) is 13.8 Å². The van der Waals surface area contributed by atoms with Crippen LogP contribution in [0.5, 0.6) is 0 Å². The number of hydrogen-bond donors (Lipinski definition) is 1. The van der Waals surface area contributed by atoms with Crippen LogP contribution in [-0.4, -0.2) is 43.6 Å². The van der Waals surface area contributed by atoms with Crippen molar-refractivity contribution in [3.8, 4) is 0 Å². The Balaban J connectivity index is 2.03. The van der Waals surface area contributed by atoms with Gasteiger partial charge in [-0.15, -0.1) is 0 Å². The second-order valence-electron chi connectivity index (χ2n) is 5.75. The molecule has 1 aliphatic rings. The molecule has 1 saturated heterocycles. The molecule has 1 N–H and O–H groups in total. The van der Waals surface area contributed by atoms with Crippen LogP contribution in [0.1, 0.15) is 20.3 Å². The molecule has 6 nitrogen and oxygen atoms in total. The lowest BCUT2D eigenvalue weighted by Gasteiger charge is -2.14. The zero-order valence-electron chi connectivity index (χ0n) is 12.7. The summed E-state index contributed by atoms with van der Waals surface area (Å²) in [4.78, 5) is 25.2. The molecule has 1 aromatic rings. The van der Waals surface area contributed by atoms with E-state index in [0.717, 1.165) is 4.90 Å². The second kappa shape index (κ2) is 6.48. The van der Waals surface area contributed by atoms with E-state index in [-0.39, 0.29) is 29.0 Å². The molecule has 2 rings (SSSR count). The predicted octanol–water partition coefficient (Wildman–Crippen LogP) is 1.43. The number of urea groups is 1. The molecule has 1 aliphatic heterocycles. The van der Waals surface area contributed by atoms with Gasteiger partial charge in [-0.3, -0.25) is 9.69 Å². The SMILES string of the molecule is CC(C)C[C@@H]1NC(=O)N(CCS(=O)(=O)c2ccccc2)C1=O. The molecule has 0 saturated carbocycles. The lowest BCUT2D eigenvalue weighted by molar-refractivity contribution is -0.127. The van der Waals surface area contributed by atoms with Gasteiger partial charge in [0.2, 0.25) is 0 Å². The standard InChI is InChI=1S/C15H20N2O4S/c1-11(2)10-13-14(18)17(15(19)16-13)8-9-22(20,21)12-6-4-3-5-7-12/h3-7,11,13H,8-10H2,1-2H3,(H,16,19)/t13-/m0/s1. The van der Waals surface area contributed by atoms with Crippen LogP contribution in [0.15, 0.2) is 35.2 Å². The Morgan fingerprint density at radius 3 is 2.41 bits per heavy atom. The van der Waals surface area contributed by atoms with Crippen LogP contribution in [-0.2, 0) is 14.6 Å². The number of rotatable bonds is 6. The summed E-state index contributed by atoms with van der Waals surface area (Å²) >= 11 is 0. The molecule has 0 unspecified atom stereocenters. The van der Waals surface area contributed by atoms with E-state index in [4.69, 9.17) is 0 Å². The summed E-state index contributed by atoms with van der Waals surface area (Å²) in [6.45, 7) is 3.79. The van der Waals surface area contributed by atoms with E-state index < -0.39 is 21.9 Å². The van der Waals surface area contributed by atoms with E-state index in [9.17, 15) is 18.0 Å². The van der Waals surface area contributed by atoms with Crippen LogP contribution in [0.2, 0.25) is 0 Å². The first-order valence-corrected chi connectivity index (χ1v) is 8.86. The maximum Gasteiger partial charge on any atom is 0.324 e. The lowest BCUT2D eigenvalue weighted by atomic mass is 10.0. The van der Waals surface area contributed by atoms with Crippen LogP contribution in [0.3, 0.4) is 0 Å². The van der Waals surface area contributed by atoms with Crippen LogP contribution in [0.4, 0.5) is 4.79 Å². The molecule has 1 fully saturated rings. The van der Waals surface area contributed by atoms with Gasteiger partial charge in [0.05, 0.1) is 10.6 Å². The van der Waals surface area contributed by atoms with E-state index in [1.165, 1.54) is 12.1 Å².